The maximum absolute atomic E-state index is 12.2. The van der Waals surface area contributed by atoms with E-state index < -0.39 is 0 Å². The summed E-state index contributed by atoms with van der Waals surface area (Å²) in [5.74, 6) is 1.24. The Morgan fingerprint density at radius 1 is 1.43 bits per heavy atom. The van der Waals surface area contributed by atoms with Gasteiger partial charge in [-0.3, -0.25) is 4.79 Å². The molecule has 0 spiro atoms. The number of ether oxygens (including phenoxy) is 1. The van der Waals surface area contributed by atoms with Crippen LogP contribution in [0.2, 0.25) is 0 Å². The molecule has 6 heteroatoms. The number of hydrogen-bond acceptors (Lipinski definition) is 5. The van der Waals surface area contributed by atoms with Crippen LogP contribution < -0.4 is 10.1 Å². The van der Waals surface area contributed by atoms with Crippen molar-refractivity contribution in [1.82, 2.24) is 5.16 Å². The van der Waals surface area contributed by atoms with E-state index in [1.165, 1.54) is 7.11 Å². The maximum atomic E-state index is 12.2. The van der Waals surface area contributed by atoms with Gasteiger partial charge in [0.2, 0.25) is 5.91 Å². The Morgan fingerprint density at radius 3 is 2.74 bits per heavy atom. The summed E-state index contributed by atoms with van der Waals surface area (Å²) in [4.78, 5) is 12.2. The van der Waals surface area contributed by atoms with Crippen LogP contribution in [-0.2, 0) is 11.4 Å². The van der Waals surface area contributed by atoms with Crippen LogP contribution in [0.4, 0.5) is 5.69 Å². The summed E-state index contributed by atoms with van der Waals surface area (Å²) in [6.07, 6.45) is 0.323. The van der Waals surface area contributed by atoms with Crippen molar-refractivity contribution < 1.29 is 19.2 Å². The molecule has 0 saturated heterocycles. The SMILES string of the molecule is COc1ccc(NC(=O)CC(C)c2c(C)noc2C)cc1CO. The molecule has 2 N–H and O–H groups in total. The zero-order valence-electron chi connectivity index (χ0n) is 13.8. The van der Waals surface area contributed by atoms with Gasteiger partial charge < -0.3 is 19.7 Å². The maximum Gasteiger partial charge on any atom is 0.224 e. The number of aryl methyl sites for hydroxylation is 2. The third-order valence-electron chi connectivity index (χ3n) is 3.81. The van der Waals surface area contributed by atoms with Crippen molar-refractivity contribution in [2.75, 3.05) is 12.4 Å². The van der Waals surface area contributed by atoms with E-state index in [1.807, 2.05) is 20.8 Å². The van der Waals surface area contributed by atoms with Gasteiger partial charge in [0.05, 0.1) is 19.4 Å². The molecule has 1 unspecified atom stereocenters. The molecule has 0 aliphatic heterocycles. The Bertz CT molecular complexity index is 674. The lowest BCUT2D eigenvalue weighted by atomic mass is 9.96. The summed E-state index contributed by atoms with van der Waals surface area (Å²) in [6.45, 7) is 5.54. The molecule has 1 atom stereocenters. The highest BCUT2D eigenvalue weighted by molar-refractivity contribution is 5.91. The largest absolute Gasteiger partial charge is 0.496 e. The van der Waals surface area contributed by atoms with Gasteiger partial charge in [0.25, 0.3) is 0 Å². The smallest absolute Gasteiger partial charge is 0.224 e. The molecule has 1 aromatic heterocycles. The normalized spacial score (nSPS) is 12.0. The first-order valence-electron chi connectivity index (χ1n) is 7.46. The predicted octanol–water partition coefficient (Wildman–Crippen LogP) is 2.92. The van der Waals surface area contributed by atoms with Gasteiger partial charge in [-0.1, -0.05) is 12.1 Å². The van der Waals surface area contributed by atoms with E-state index in [0.29, 0.717) is 23.4 Å². The highest BCUT2D eigenvalue weighted by atomic mass is 16.5. The molecule has 0 aliphatic rings. The zero-order chi connectivity index (χ0) is 17.0. The number of carbonyl (C=O) groups is 1. The van der Waals surface area contributed by atoms with Crippen LogP contribution in [0, 0.1) is 13.8 Å². The molecule has 0 fully saturated rings. The van der Waals surface area contributed by atoms with E-state index >= 15 is 0 Å². The van der Waals surface area contributed by atoms with E-state index in [4.69, 9.17) is 9.26 Å². The second kappa shape index (κ2) is 7.28. The molecule has 0 aliphatic carbocycles. The van der Waals surface area contributed by atoms with E-state index in [1.54, 1.807) is 18.2 Å². The zero-order valence-corrected chi connectivity index (χ0v) is 13.8. The van der Waals surface area contributed by atoms with Crippen LogP contribution in [0.5, 0.6) is 5.75 Å². The number of hydrogen-bond donors (Lipinski definition) is 2. The Hall–Kier alpha value is -2.34. The minimum absolute atomic E-state index is 0.0109. The number of benzene rings is 1. The lowest BCUT2D eigenvalue weighted by molar-refractivity contribution is -0.116. The second-order valence-corrected chi connectivity index (χ2v) is 5.58. The Morgan fingerprint density at radius 2 is 2.17 bits per heavy atom. The highest BCUT2D eigenvalue weighted by Crippen LogP contribution is 2.27. The van der Waals surface area contributed by atoms with Crippen LogP contribution in [0.3, 0.4) is 0 Å². The molecule has 0 saturated carbocycles. The molecule has 124 valence electrons. The minimum atomic E-state index is -0.150. The topological polar surface area (TPSA) is 84.6 Å². The van der Waals surface area contributed by atoms with E-state index in [9.17, 15) is 9.90 Å². The average Bonchev–Trinajstić information content (AvgIpc) is 2.85. The number of methoxy groups -OCH3 is 1. The molecule has 1 amide bonds. The molecule has 6 nitrogen and oxygen atoms in total. The quantitative estimate of drug-likeness (QED) is 0.855. The lowest BCUT2D eigenvalue weighted by Crippen LogP contribution is -2.15. The Labute approximate surface area is 135 Å². The lowest BCUT2D eigenvalue weighted by Gasteiger charge is -2.13. The van der Waals surface area contributed by atoms with E-state index in [0.717, 1.165) is 17.0 Å². The van der Waals surface area contributed by atoms with Crippen molar-refractivity contribution in [2.24, 2.45) is 0 Å². The molecule has 1 heterocycles. The standard InChI is InChI=1S/C17H22N2O4/c1-10(17-11(2)19-23-12(17)3)7-16(21)18-14-5-6-15(22-4)13(8-14)9-20/h5-6,8,10,20H,7,9H2,1-4H3,(H,18,21). The van der Waals surface area contributed by atoms with Gasteiger partial charge in [-0.25, -0.2) is 0 Å². The molecule has 2 rings (SSSR count). The molecular weight excluding hydrogens is 296 g/mol. The van der Waals surface area contributed by atoms with Crippen molar-refractivity contribution in [1.29, 1.82) is 0 Å². The van der Waals surface area contributed by atoms with E-state index in [-0.39, 0.29) is 18.4 Å². The number of carbonyl (C=O) groups excluding carboxylic acids is 1. The van der Waals surface area contributed by atoms with Gasteiger partial charge in [0.1, 0.15) is 11.5 Å². The third-order valence-corrected chi connectivity index (χ3v) is 3.81. The number of amides is 1. The van der Waals surface area contributed by atoms with Crippen LogP contribution in [-0.4, -0.2) is 23.3 Å². The number of aromatic nitrogens is 1. The third kappa shape index (κ3) is 3.90. The van der Waals surface area contributed by atoms with Crippen molar-refractivity contribution in [2.45, 2.75) is 39.7 Å². The van der Waals surface area contributed by atoms with Gasteiger partial charge >= 0.3 is 0 Å². The van der Waals surface area contributed by atoms with Gasteiger partial charge in [0.15, 0.2) is 0 Å². The monoisotopic (exact) mass is 318 g/mol. The fraction of sp³-hybridized carbons (Fsp3) is 0.412. The first kappa shape index (κ1) is 17.0. The summed E-state index contributed by atoms with van der Waals surface area (Å²) < 4.78 is 10.3. The van der Waals surface area contributed by atoms with Gasteiger partial charge in [-0.15, -0.1) is 0 Å². The number of aliphatic hydroxyl groups excluding tert-OH is 1. The fourth-order valence-corrected chi connectivity index (χ4v) is 2.77. The Kier molecular flexibility index (Phi) is 5.39. The first-order chi connectivity index (χ1) is 11.0. The van der Waals surface area contributed by atoms with Crippen molar-refractivity contribution in [3.63, 3.8) is 0 Å². The number of rotatable bonds is 6. The molecule has 0 bridgehead atoms. The molecular formula is C17H22N2O4. The number of nitrogens with one attached hydrogen (secondary N) is 1. The molecule has 1 aromatic carbocycles. The number of nitrogens with zero attached hydrogens (tertiary/aromatic N) is 1. The molecule has 23 heavy (non-hydrogen) atoms. The summed E-state index contributed by atoms with van der Waals surface area (Å²) in [5, 5.41) is 16.1. The summed E-state index contributed by atoms with van der Waals surface area (Å²) >= 11 is 0. The van der Waals surface area contributed by atoms with Crippen LogP contribution in [0.15, 0.2) is 22.7 Å². The second-order valence-electron chi connectivity index (χ2n) is 5.58. The van der Waals surface area contributed by atoms with Gasteiger partial charge in [0, 0.05) is 23.2 Å². The van der Waals surface area contributed by atoms with Crippen LogP contribution >= 0.6 is 0 Å². The van der Waals surface area contributed by atoms with Crippen molar-refractivity contribution >= 4 is 11.6 Å². The highest BCUT2D eigenvalue weighted by Gasteiger charge is 2.19. The summed E-state index contributed by atoms with van der Waals surface area (Å²) in [6, 6.07) is 5.17. The predicted molar refractivity (Wildman–Crippen MR) is 86.6 cm³/mol. The first-order valence-corrected chi connectivity index (χ1v) is 7.46. The average molecular weight is 318 g/mol. The fourth-order valence-electron chi connectivity index (χ4n) is 2.77. The van der Waals surface area contributed by atoms with Gasteiger partial charge in [-0.2, -0.15) is 0 Å². The van der Waals surface area contributed by atoms with Crippen LogP contribution in [0.1, 0.15) is 41.8 Å². The Balaban J connectivity index is 2.05. The van der Waals surface area contributed by atoms with E-state index in [2.05, 4.69) is 10.5 Å². The summed E-state index contributed by atoms with van der Waals surface area (Å²) in [7, 11) is 1.54. The molecule has 2 aromatic rings. The summed E-state index contributed by atoms with van der Waals surface area (Å²) in [5.41, 5.74) is 3.05. The molecule has 0 radical (unpaired) electrons. The van der Waals surface area contributed by atoms with Gasteiger partial charge in [-0.05, 0) is 38.0 Å². The number of aliphatic hydroxyl groups is 1. The number of anilines is 1. The van der Waals surface area contributed by atoms with Crippen molar-refractivity contribution in [3.05, 3.63) is 40.8 Å². The van der Waals surface area contributed by atoms with Crippen molar-refractivity contribution in [3.8, 4) is 5.75 Å². The minimum Gasteiger partial charge on any atom is -0.496 e. The van der Waals surface area contributed by atoms with Crippen LogP contribution in [0.25, 0.3) is 0 Å².